The van der Waals surface area contributed by atoms with E-state index in [1.165, 1.54) is 5.56 Å². The molecule has 0 aliphatic rings. The minimum atomic E-state index is -0.251. The molecule has 2 rings (SSSR count). The van der Waals surface area contributed by atoms with Crippen LogP contribution in [0.5, 0.6) is 0 Å². The molecule has 0 saturated heterocycles. The van der Waals surface area contributed by atoms with Gasteiger partial charge in [-0.1, -0.05) is 72.8 Å². The average molecular weight is 262 g/mol. The lowest BCUT2D eigenvalue weighted by molar-refractivity contribution is 0.679. The molecular weight excluding hydrogens is 244 g/mol. The molecule has 0 spiro atoms. The number of rotatable bonds is 6. The van der Waals surface area contributed by atoms with Gasteiger partial charge in [0.05, 0.1) is 6.07 Å². The third kappa shape index (κ3) is 4.72. The molecule has 0 saturated carbocycles. The summed E-state index contributed by atoms with van der Waals surface area (Å²) in [7, 11) is 0. The van der Waals surface area contributed by atoms with Crippen LogP contribution in [0.4, 0.5) is 0 Å². The molecule has 0 amide bonds. The number of hydrogen-bond donors (Lipinski definition) is 1. The highest BCUT2D eigenvalue weighted by molar-refractivity contribution is 5.50. The second-order valence-corrected chi connectivity index (χ2v) is 4.57. The molecule has 2 heteroatoms. The molecule has 0 fully saturated rings. The lowest BCUT2D eigenvalue weighted by atomic mass is 10.1. The van der Waals surface area contributed by atoms with Crippen molar-refractivity contribution in [1.82, 2.24) is 5.32 Å². The third-order valence-electron chi connectivity index (χ3n) is 3.04. The van der Waals surface area contributed by atoms with Crippen LogP contribution < -0.4 is 5.32 Å². The van der Waals surface area contributed by atoms with Crippen molar-refractivity contribution in [3.63, 3.8) is 0 Å². The van der Waals surface area contributed by atoms with Crippen LogP contribution in [0.2, 0.25) is 0 Å². The molecule has 2 nitrogen and oxygen atoms in total. The molecule has 0 aromatic heterocycles. The van der Waals surface area contributed by atoms with Crippen molar-refractivity contribution in [3.8, 4) is 6.07 Å². The summed E-state index contributed by atoms with van der Waals surface area (Å²) >= 11 is 0. The Balaban J connectivity index is 1.81. The molecule has 2 aromatic carbocycles. The minimum Gasteiger partial charge on any atom is -0.298 e. The minimum absolute atomic E-state index is 0.251. The molecule has 1 N–H and O–H groups in total. The first-order chi connectivity index (χ1) is 9.88. The Labute approximate surface area is 120 Å². The maximum absolute atomic E-state index is 9.14. The van der Waals surface area contributed by atoms with Gasteiger partial charge >= 0.3 is 0 Å². The largest absolute Gasteiger partial charge is 0.298 e. The van der Waals surface area contributed by atoms with Gasteiger partial charge in [-0.3, -0.25) is 5.32 Å². The van der Waals surface area contributed by atoms with Gasteiger partial charge in [0.2, 0.25) is 0 Å². The first-order valence-corrected chi connectivity index (χ1v) is 6.78. The van der Waals surface area contributed by atoms with E-state index in [-0.39, 0.29) is 6.04 Å². The van der Waals surface area contributed by atoms with Crippen LogP contribution in [0, 0.1) is 11.3 Å². The second-order valence-electron chi connectivity index (χ2n) is 4.57. The summed E-state index contributed by atoms with van der Waals surface area (Å²) in [6.07, 6.45) is 4.81. The SMILES string of the molecule is N#CC(/C=C/c1ccccc1)NCCc1ccccc1. The fourth-order valence-corrected chi connectivity index (χ4v) is 1.94. The maximum atomic E-state index is 9.14. The fourth-order valence-electron chi connectivity index (χ4n) is 1.94. The molecular formula is C18H18N2. The van der Waals surface area contributed by atoms with E-state index in [4.69, 9.17) is 5.26 Å². The van der Waals surface area contributed by atoms with Gasteiger partial charge in [0.25, 0.3) is 0 Å². The summed E-state index contributed by atoms with van der Waals surface area (Å²) in [6, 6.07) is 22.3. The monoisotopic (exact) mass is 262 g/mol. The Morgan fingerprint density at radius 2 is 1.65 bits per heavy atom. The van der Waals surface area contributed by atoms with E-state index in [1.807, 2.05) is 60.7 Å². The number of nitriles is 1. The standard InChI is InChI=1S/C18H18N2/c19-15-18(12-11-16-7-3-1-4-8-16)20-14-13-17-9-5-2-6-10-17/h1-12,18,20H,13-14H2/b12-11+. The van der Waals surface area contributed by atoms with E-state index in [0.29, 0.717) is 0 Å². The molecule has 100 valence electrons. The number of benzene rings is 2. The Hall–Kier alpha value is -2.37. The molecule has 0 aliphatic carbocycles. The number of nitrogens with zero attached hydrogens (tertiary/aromatic N) is 1. The predicted molar refractivity (Wildman–Crippen MR) is 83.0 cm³/mol. The topological polar surface area (TPSA) is 35.8 Å². The van der Waals surface area contributed by atoms with Crippen molar-refractivity contribution in [2.45, 2.75) is 12.5 Å². The van der Waals surface area contributed by atoms with Crippen LogP contribution in [-0.2, 0) is 6.42 Å². The zero-order chi connectivity index (χ0) is 14.0. The maximum Gasteiger partial charge on any atom is 0.114 e. The van der Waals surface area contributed by atoms with Gasteiger partial charge in [-0.15, -0.1) is 0 Å². The summed E-state index contributed by atoms with van der Waals surface area (Å²) in [6.45, 7) is 0.793. The van der Waals surface area contributed by atoms with Crippen LogP contribution in [0.3, 0.4) is 0 Å². The molecule has 0 aliphatic heterocycles. The fraction of sp³-hybridized carbons (Fsp3) is 0.167. The second kappa shape index (κ2) is 7.93. The Bertz CT molecular complexity index is 567. The lowest BCUT2D eigenvalue weighted by Gasteiger charge is -2.07. The van der Waals surface area contributed by atoms with Crippen LogP contribution in [0.15, 0.2) is 66.7 Å². The van der Waals surface area contributed by atoms with Crippen molar-refractivity contribution in [2.24, 2.45) is 0 Å². The number of nitrogens with one attached hydrogen (secondary N) is 1. The van der Waals surface area contributed by atoms with E-state index < -0.39 is 0 Å². The van der Waals surface area contributed by atoms with Gasteiger partial charge < -0.3 is 0 Å². The quantitative estimate of drug-likeness (QED) is 0.865. The van der Waals surface area contributed by atoms with Crippen LogP contribution in [0.1, 0.15) is 11.1 Å². The van der Waals surface area contributed by atoms with E-state index in [0.717, 1.165) is 18.5 Å². The Morgan fingerprint density at radius 1 is 1.00 bits per heavy atom. The summed E-state index contributed by atoms with van der Waals surface area (Å²) in [5.41, 5.74) is 2.39. The first kappa shape index (κ1) is 14.0. The smallest absolute Gasteiger partial charge is 0.114 e. The highest BCUT2D eigenvalue weighted by atomic mass is 14.9. The number of hydrogen-bond acceptors (Lipinski definition) is 2. The van der Waals surface area contributed by atoms with E-state index >= 15 is 0 Å². The summed E-state index contributed by atoms with van der Waals surface area (Å²) in [4.78, 5) is 0. The van der Waals surface area contributed by atoms with E-state index in [2.05, 4.69) is 23.5 Å². The molecule has 2 aromatic rings. The molecule has 1 atom stereocenters. The van der Waals surface area contributed by atoms with Gasteiger partial charge in [0.1, 0.15) is 6.04 Å². The molecule has 20 heavy (non-hydrogen) atoms. The summed E-state index contributed by atoms with van der Waals surface area (Å²) in [5, 5.41) is 12.4. The zero-order valence-electron chi connectivity index (χ0n) is 11.4. The van der Waals surface area contributed by atoms with Gasteiger partial charge in [0, 0.05) is 6.54 Å². The van der Waals surface area contributed by atoms with Crippen molar-refractivity contribution in [1.29, 1.82) is 5.26 Å². The van der Waals surface area contributed by atoms with Crippen molar-refractivity contribution in [3.05, 3.63) is 77.9 Å². The van der Waals surface area contributed by atoms with Gasteiger partial charge in [-0.25, -0.2) is 0 Å². The molecule has 0 radical (unpaired) electrons. The summed E-state index contributed by atoms with van der Waals surface area (Å²) in [5.74, 6) is 0. The van der Waals surface area contributed by atoms with Gasteiger partial charge in [-0.2, -0.15) is 5.26 Å². The van der Waals surface area contributed by atoms with Crippen LogP contribution >= 0.6 is 0 Å². The molecule has 0 bridgehead atoms. The third-order valence-corrected chi connectivity index (χ3v) is 3.04. The normalized spacial score (nSPS) is 12.2. The Kier molecular flexibility index (Phi) is 5.57. The Morgan fingerprint density at radius 3 is 2.30 bits per heavy atom. The first-order valence-electron chi connectivity index (χ1n) is 6.78. The van der Waals surface area contributed by atoms with Crippen LogP contribution in [-0.4, -0.2) is 12.6 Å². The van der Waals surface area contributed by atoms with Gasteiger partial charge in [0.15, 0.2) is 0 Å². The predicted octanol–water partition coefficient (Wildman–Crippen LogP) is 3.42. The van der Waals surface area contributed by atoms with E-state index in [1.54, 1.807) is 0 Å². The van der Waals surface area contributed by atoms with Crippen molar-refractivity contribution >= 4 is 6.08 Å². The van der Waals surface area contributed by atoms with Gasteiger partial charge in [-0.05, 0) is 17.5 Å². The lowest BCUT2D eigenvalue weighted by Crippen LogP contribution is -2.27. The summed E-state index contributed by atoms with van der Waals surface area (Å²) < 4.78 is 0. The van der Waals surface area contributed by atoms with Crippen molar-refractivity contribution < 1.29 is 0 Å². The molecule has 1 unspecified atom stereocenters. The highest BCUT2D eigenvalue weighted by Crippen LogP contribution is 2.02. The van der Waals surface area contributed by atoms with Crippen molar-refractivity contribution in [2.75, 3.05) is 6.54 Å². The van der Waals surface area contributed by atoms with Crippen LogP contribution in [0.25, 0.3) is 6.08 Å². The highest BCUT2D eigenvalue weighted by Gasteiger charge is 2.01. The van der Waals surface area contributed by atoms with E-state index in [9.17, 15) is 0 Å². The average Bonchev–Trinajstić information content (AvgIpc) is 2.52. The molecule has 0 heterocycles. The zero-order valence-corrected chi connectivity index (χ0v) is 11.4.